The Morgan fingerprint density at radius 3 is 2.69 bits per heavy atom. The van der Waals surface area contributed by atoms with E-state index in [0.717, 1.165) is 12.8 Å². The third-order valence-electron chi connectivity index (χ3n) is 5.77. The molecule has 1 N–H and O–H groups in total. The molecule has 1 saturated heterocycles. The maximum atomic E-state index is 10.1. The van der Waals surface area contributed by atoms with Crippen LogP contribution in [0, 0.1) is 46.3 Å². The van der Waals surface area contributed by atoms with Gasteiger partial charge >= 0.3 is 0 Å². The zero-order valence-corrected chi connectivity index (χ0v) is 9.89. The van der Waals surface area contributed by atoms with Crippen LogP contribution in [0.25, 0.3) is 0 Å². The number of hydrogen-bond acceptors (Lipinski definition) is 3. The third-order valence-corrected chi connectivity index (χ3v) is 5.77. The van der Waals surface area contributed by atoms with Crippen molar-refractivity contribution < 1.29 is 9.84 Å². The van der Waals surface area contributed by atoms with Crippen LogP contribution in [0.4, 0.5) is 0 Å². The van der Waals surface area contributed by atoms with Crippen LogP contribution in [0.2, 0.25) is 0 Å². The standard InChI is InChI=1S/C13H19NO2/c1-7-8(2)10-5-9(7)11(6-14)13(10)3-4-16-12(13)15/h7-12,15H,3-5H2,1-2H3/t7?,8?,9?,10?,11?,12-,13?/m0/s1. The summed E-state index contributed by atoms with van der Waals surface area (Å²) in [6.07, 6.45) is 1.27. The second-order valence-corrected chi connectivity index (χ2v) is 5.92. The highest BCUT2D eigenvalue weighted by molar-refractivity contribution is 5.18. The molecule has 2 saturated carbocycles. The molecule has 0 amide bonds. The van der Waals surface area contributed by atoms with Gasteiger partial charge in [-0.05, 0) is 36.5 Å². The van der Waals surface area contributed by atoms with E-state index in [1.54, 1.807) is 0 Å². The van der Waals surface area contributed by atoms with Gasteiger partial charge in [0.15, 0.2) is 6.29 Å². The summed E-state index contributed by atoms with van der Waals surface area (Å²) in [4.78, 5) is 0. The van der Waals surface area contributed by atoms with Crippen molar-refractivity contribution in [3.05, 3.63) is 0 Å². The fraction of sp³-hybridized carbons (Fsp3) is 0.923. The SMILES string of the molecule is CC1C(C)C2CC1C(C#N)C21CCO[C@@H]1O. The number of fused-ring (bicyclic) bond motifs is 3. The summed E-state index contributed by atoms with van der Waals surface area (Å²) >= 11 is 0. The van der Waals surface area contributed by atoms with Crippen LogP contribution < -0.4 is 0 Å². The summed E-state index contributed by atoms with van der Waals surface area (Å²) < 4.78 is 5.36. The van der Waals surface area contributed by atoms with E-state index < -0.39 is 6.29 Å². The van der Waals surface area contributed by atoms with Crippen molar-refractivity contribution >= 4 is 0 Å². The summed E-state index contributed by atoms with van der Waals surface area (Å²) in [5, 5.41) is 19.6. The highest BCUT2D eigenvalue weighted by Gasteiger charge is 2.68. The van der Waals surface area contributed by atoms with Gasteiger partial charge in [0.05, 0.1) is 18.6 Å². The van der Waals surface area contributed by atoms with Gasteiger partial charge in [-0.2, -0.15) is 5.26 Å². The number of aliphatic hydroxyl groups is 1. The van der Waals surface area contributed by atoms with Crippen LogP contribution in [0.3, 0.4) is 0 Å². The van der Waals surface area contributed by atoms with E-state index >= 15 is 0 Å². The van der Waals surface area contributed by atoms with Crippen molar-refractivity contribution in [1.82, 2.24) is 0 Å². The Balaban J connectivity index is 2.04. The fourth-order valence-electron chi connectivity index (χ4n) is 4.78. The van der Waals surface area contributed by atoms with Gasteiger partial charge < -0.3 is 9.84 Å². The number of rotatable bonds is 0. The Morgan fingerprint density at radius 2 is 2.12 bits per heavy atom. The van der Waals surface area contributed by atoms with Crippen molar-refractivity contribution in [3.8, 4) is 6.07 Å². The molecule has 2 aliphatic carbocycles. The molecule has 3 rings (SSSR count). The van der Waals surface area contributed by atoms with E-state index in [9.17, 15) is 10.4 Å². The van der Waals surface area contributed by atoms with Crippen LogP contribution in [0.1, 0.15) is 26.7 Å². The largest absolute Gasteiger partial charge is 0.367 e. The van der Waals surface area contributed by atoms with Crippen LogP contribution in [-0.2, 0) is 4.74 Å². The van der Waals surface area contributed by atoms with Crippen molar-refractivity contribution in [2.45, 2.75) is 33.0 Å². The van der Waals surface area contributed by atoms with Crippen LogP contribution in [-0.4, -0.2) is 18.0 Å². The topological polar surface area (TPSA) is 53.2 Å². The molecule has 0 aromatic rings. The molecule has 3 aliphatic rings. The van der Waals surface area contributed by atoms with Gasteiger partial charge in [0.1, 0.15) is 0 Å². The first-order chi connectivity index (χ1) is 7.63. The number of hydrogen-bond donors (Lipinski definition) is 1. The van der Waals surface area contributed by atoms with Gasteiger partial charge in [-0.3, -0.25) is 0 Å². The molecular weight excluding hydrogens is 202 g/mol. The van der Waals surface area contributed by atoms with Gasteiger partial charge in [0.25, 0.3) is 0 Å². The number of nitrogens with zero attached hydrogens (tertiary/aromatic N) is 1. The minimum atomic E-state index is -0.706. The van der Waals surface area contributed by atoms with Gasteiger partial charge in [0.2, 0.25) is 0 Å². The first kappa shape index (κ1) is 10.6. The number of nitriles is 1. The van der Waals surface area contributed by atoms with E-state index in [1.807, 2.05) is 0 Å². The monoisotopic (exact) mass is 221 g/mol. The molecule has 1 aliphatic heterocycles. The van der Waals surface area contributed by atoms with Crippen LogP contribution in [0.5, 0.6) is 0 Å². The van der Waals surface area contributed by atoms with Gasteiger partial charge in [-0.15, -0.1) is 0 Å². The van der Waals surface area contributed by atoms with E-state index in [4.69, 9.17) is 4.74 Å². The normalized spacial score (nSPS) is 59.4. The fourth-order valence-corrected chi connectivity index (χ4v) is 4.78. The second-order valence-electron chi connectivity index (χ2n) is 5.92. The molecule has 0 aromatic carbocycles. The molecular formula is C13H19NO2. The first-order valence-electron chi connectivity index (χ1n) is 6.32. The number of ether oxygens (including phenoxy) is 1. The zero-order chi connectivity index (χ0) is 11.5. The maximum absolute atomic E-state index is 10.1. The molecule has 0 radical (unpaired) electrons. The third kappa shape index (κ3) is 0.959. The predicted octanol–water partition coefficient (Wildman–Crippen LogP) is 1.77. The average Bonchev–Trinajstić information content (AvgIpc) is 2.87. The molecule has 3 heteroatoms. The molecule has 16 heavy (non-hydrogen) atoms. The van der Waals surface area contributed by atoms with E-state index in [1.165, 1.54) is 0 Å². The number of aliphatic hydroxyl groups excluding tert-OH is 1. The Hall–Kier alpha value is -0.590. The smallest absolute Gasteiger partial charge is 0.161 e. The predicted molar refractivity (Wildman–Crippen MR) is 58.0 cm³/mol. The van der Waals surface area contributed by atoms with Gasteiger partial charge in [-0.25, -0.2) is 0 Å². The van der Waals surface area contributed by atoms with Crippen LogP contribution in [0.15, 0.2) is 0 Å². The van der Waals surface area contributed by atoms with Crippen molar-refractivity contribution in [1.29, 1.82) is 5.26 Å². The summed E-state index contributed by atoms with van der Waals surface area (Å²) in [5.41, 5.74) is -0.245. The lowest BCUT2D eigenvalue weighted by Gasteiger charge is -2.44. The van der Waals surface area contributed by atoms with Gasteiger partial charge in [-0.1, -0.05) is 13.8 Å². The molecule has 2 bridgehead atoms. The molecule has 0 aromatic heterocycles. The van der Waals surface area contributed by atoms with E-state index in [-0.39, 0.29) is 11.3 Å². The molecule has 1 spiro atoms. The second kappa shape index (κ2) is 3.21. The average molecular weight is 221 g/mol. The quantitative estimate of drug-likeness (QED) is 0.678. The molecule has 3 nitrogen and oxygen atoms in total. The van der Waals surface area contributed by atoms with Crippen molar-refractivity contribution in [2.24, 2.45) is 35.0 Å². The molecule has 1 heterocycles. The Labute approximate surface area is 96.4 Å². The zero-order valence-electron chi connectivity index (χ0n) is 9.89. The lowest BCUT2D eigenvalue weighted by molar-refractivity contribution is -0.155. The highest BCUT2D eigenvalue weighted by atomic mass is 16.6. The molecule has 6 unspecified atom stereocenters. The summed E-state index contributed by atoms with van der Waals surface area (Å²) in [6, 6.07) is 2.47. The molecule has 88 valence electrons. The van der Waals surface area contributed by atoms with E-state index in [0.29, 0.717) is 30.3 Å². The van der Waals surface area contributed by atoms with Gasteiger partial charge in [0, 0.05) is 5.41 Å². The highest BCUT2D eigenvalue weighted by Crippen LogP contribution is 2.67. The lowest BCUT2D eigenvalue weighted by atomic mass is 9.59. The molecule has 7 atom stereocenters. The van der Waals surface area contributed by atoms with Crippen LogP contribution >= 0.6 is 0 Å². The lowest BCUT2D eigenvalue weighted by Crippen LogP contribution is -2.47. The molecule has 3 fully saturated rings. The van der Waals surface area contributed by atoms with E-state index in [2.05, 4.69) is 19.9 Å². The summed E-state index contributed by atoms with van der Waals surface area (Å²) in [7, 11) is 0. The summed E-state index contributed by atoms with van der Waals surface area (Å²) in [6.45, 7) is 5.15. The Kier molecular flexibility index (Phi) is 2.12. The maximum Gasteiger partial charge on any atom is 0.161 e. The first-order valence-corrected chi connectivity index (χ1v) is 6.32. The minimum Gasteiger partial charge on any atom is -0.367 e. The van der Waals surface area contributed by atoms with Crippen molar-refractivity contribution in [3.63, 3.8) is 0 Å². The minimum absolute atomic E-state index is 0.00111. The van der Waals surface area contributed by atoms with Crippen molar-refractivity contribution in [2.75, 3.05) is 6.61 Å². The Bertz CT molecular complexity index is 350. The Morgan fingerprint density at radius 1 is 1.38 bits per heavy atom. The summed E-state index contributed by atoms with van der Waals surface area (Å²) in [5.74, 6) is 2.19.